The number of halogens is 3. The zero-order valence-corrected chi connectivity index (χ0v) is 37.9. The van der Waals surface area contributed by atoms with Gasteiger partial charge in [-0.1, -0.05) is 0 Å². The van der Waals surface area contributed by atoms with E-state index in [1.807, 2.05) is 18.2 Å². The fraction of sp³-hybridized carbons (Fsp3) is 0.360. The fourth-order valence-corrected chi connectivity index (χ4v) is 9.70. The monoisotopic (exact) mass is 958 g/mol. The van der Waals surface area contributed by atoms with Gasteiger partial charge in [0.15, 0.2) is 0 Å². The molecule has 362 valence electrons. The van der Waals surface area contributed by atoms with Crippen LogP contribution in [0.1, 0.15) is 59.2 Å². The van der Waals surface area contributed by atoms with E-state index in [4.69, 9.17) is 4.74 Å². The smallest absolute Gasteiger partial charge is 0.317 e. The Bertz CT molecular complexity index is 2890. The van der Waals surface area contributed by atoms with Crippen LogP contribution in [0.3, 0.4) is 0 Å². The summed E-state index contributed by atoms with van der Waals surface area (Å²) in [6, 6.07) is 17.2. The van der Waals surface area contributed by atoms with Crippen molar-refractivity contribution in [2.75, 3.05) is 73.2 Å². The Morgan fingerprint density at radius 2 is 1.50 bits per heavy atom. The van der Waals surface area contributed by atoms with Crippen LogP contribution in [0.4, 0.5) is 36.1 Å². The number of amides is 6. The topological polar surface area (TPSA) is 199 Å². The van der Waals surface area contributed by atoms with Gasteiger partial charge < -0.3 is 25.6 Å². The maximum atomic E-state index is 15.7. The van der Waals surface area contributed by atoms with Gasteiger partial charge in [0.1, 0.15) is 34.6 Å². The summed E-state index contributed by atoms with van der Waals surface area (Å²) in [5, 5.41) is 11.6. The van der Waals surface area contributed by atoms with Crippen LogP contribution >= 0.6 is 0 Å². The summed E-state index contributed by atoms with van der Waals surface area (Å²) in [6.07, 6.45) is 5.35. The lowest BCUT2D eigenvalue weighted by Crippen LogP contribution is -2.59. The number of fused-ring (bicyclic) bond motifs is 2. The molecule has 20 heteroatoms. The van der Waals surface area contributed by atoms with Crippen LogP contribution in [0.5, 0.6) is 11.5 Å². The summed E-state index contributed by atoms with van der Waals surface area (Å²) >= 11 is 0. The zero-order chi connectivity index (χ0) is 48.7. The molecule has 4 fully saturated rings. The van der Waals surface area contributed by atoms with E-state index in [0.717, 1.165) is 34.3 Å². The Kier molecular flexibility index (Phi) is 12.4. The lowest BCUT2D eigenvalue weighted by Gasteiger charge is -2.43. The maximum absolute atomic E-state index is 15.7. The largest absolute Gasteiger partial charge is 0.457 e. The molecule has 3 aromatic carbocycles. The molecule has 10 rings (SSSR count). The van der Waals surface area contributed by atoms with E-state index in [2.05, 4.69) is 36.1 Å². The molecule has 6 amide bonds. The number of piperazine rings is 1. The quantitative estimate of drug-likeness (QED) is 0.0588. The van der Waals surface area contributed by atoms with Crippen LogP contribution in [0.15, 0.2) is 91.3 Å². The molecule has 2 aromatic heterocycles. The van der Waals surface area contributed by atoms with Gasteiger partial charge in [-0.15, -0.1) is 0 Å². The van der Waals surface area contributed by atoms with Crippen molar-refractivity contribution >= 4 is 69.2 Å². The van der Waals surface area contributed by atoms with E-state index in [1.54, 1.807) is 41.4 Å². The number of hydrogen-bond donors (Lipinski definition) is 4. The number of carbonyl (C=O) groups is 6. The van der Waals surface area contributed by atoms with Gasteiger partial charge in [0.25, 0.3) is 11.8 Å². The first kappa shape index (κ1) is 46.3. The second-order valence-corrected chi connectivity index (χ2v) is 18.4. The molecular formula is C50H49F3N10O7. The SMILES string of the molecule is O=C1CCC(N2C(=O)c3ccnc(NCCN4CCN(CC5CCN(c6ccc7c(Oc8ccc(NC(=O)C9(C(=O)Nc%10ccc(F)cc%10)CC9)cc8)ccnc7c6)CC5)C(F)(F)C4)c3C2=O)C(=O)N1. The van der Waals surface area contributed by atoms with E-state index in [0.29, 0.717) is 55.3 Å². The van der Waals surface area contributed by atoms with Crippen molar-refractivity contribution < 1.29 is 46.7 Å². The second kappa shape index (κ2) is 18.8. The average Bonchev–Trinajstić information content (AvgIpc) is 4.13. The van der Waals surface area contributed by atoms with Gasteiger partial charge in [0, 0.05) is 87.1 Å². The van der Waals surface area contributed by atoms with E-state index in [-0.39, 0.29) is 61.9 Å². The first-order chi connectivity index (χ1) is 33.7. The van der Waals surface area contributed by atoms with Crippen molar-refractivity contribution in [3.8, 4) is 11.5 Å². The number of piperidine rings is 2. The Labute approximate surface area is 399 Å². The molecule has 0 bridgehead atoms. The number of nitrogens with zero attached hydrogens (tertiary/aromatic N) is 6. The number of alkyl halides is 2. The lowest BCUT2D eigenvalue weighted by atomic mass is 9.95. The molecule has 1 unspecified atom stereocenters. The second-order valence-electron chi connectivity index (χ2n) is 18.4. The van der Waals surface area contributed by atoms with Crippen molar-refractivity contribution in [3.63, 3.8) is 0 Å². The highest BCUT2D eigenvalue weighted by Gasteiger charge is 2.56. The minimum atomic E-state index is -3.05. The van der Waals surface area contributed by atoms with Crippen LogP contribution in [0.25, 0.3) is 10.9 Å². The molecule has 0 spiro atoms. The molecule has 70 heavy (non-hydrogen) atoms. The molecule has 5 aromatic rings. The highest BCUT2D eigenvalue weighted by molar-refractivity contribution is 6.25. The highest BCUT2D eigenvalue weighted by atomic mass is 19.3. The van der Waals surface area contributed by atoms with Crippen LogP contribution in [-0.4, -0.2) is 125 Å². The first-order valence-electron chi connectivity index (χ1n) is 23.3. The number of carbonyl (C=O) groups excluding carboxylic acids is 6. The summed E-state index contributed by atoms with van der Waals surface area (Å²) in [5.74, 6) is -2.48. The van der Waals surface area contributed by atoms with Crippen molar-refractivity contribution in [1.29, 1.82) is 0 Å². The minimum absolute atomic E-state index is 0.00161. The summed E-state index contributed by atoms with van der Waals surface area (Å²) in [7, 11) is 0. The average molecular weight is 959 g/mol. The number of hydrogen-bond acceptors (Lipinski definition) is 13. The highest BCUT2D eigenvalue weighted by Crippen LogP contribution is 2.48. The molecule has 4 aliphatic heterocycles. The number of rotatable bonds is 14. The number of pyridine rings is 2. The van der Waals surface area contributed by atoms with Gasteiger partial charge in [0.2, 0.25) is 23.6 Å². The van der Waals surface area contributed by atoms with Gasteiger partial charge in [-0.3, -0.25) is 48.9 Å². The summed E-state index contributed by atoms with van der Waals surface area (Å²) < 4.78 is 50.9. The minimum Gasteiger partial charge on any atom is -0.457 e. The molecule has 1 saturated carbocycles. The van der Waals surface area contributed by atoms with E-state index in [1.165, 1.54) is 41.4 Å². The van der Waals surface area contributed by atoms with Gasteiger partial charge in [-0.25, -0.2) is 14.3 Å². The zero-order valence-electron chi connectivity index (χ0n) is 37.9. The number of aromatic nitrogens is 2. The van der Waals surface area contributed by atoms with Crippen LogP contribution in [-0.2, 0) is 19.2 Å². The van der Waals surface area contributed by atoms with Crippen LogP contribution < -0.4 is 30.9 Å². The lowest BCUT2D eigenvalue weighted by molar-refractivity contribution is -0.188. The molecule has 4 N–H and O–H groups in total. The van der Waals surface area contributed by atoms with E-state index in [9.17, 15) is 33.2 Å². The molecule has 1 atom stereocenters. The normalized spacial score (nSPS) is 20.2. The van der Waals surface area contributed by atoms with E-state index < -0.39 is 65.3 Å². The van der Waals surface area contributed by atoms with Gasteiger partial charge in [0.05, 0.1) is 23.2 Å². The third kappa shape index (κ3) is 9.35. The van der Waals surface area contributed by atoms with Gasteiger partial charge in [-0.05, 0) is 117 Å². The Morgan fingerprint density at radius 3 is 2.19 bits per heavy atom. The standard InChI is InChI=1S/C50H49F3N10O7/c51-31-1-3-32(4-2-31)57-47(68)49(17-18-49)48(69)58-33-5-8-35(9-6-33)70-40-14-20-54-38-27-34(7-10-36(38)40)61-22-15-30(16-23-61)28-62-26-25-60(29-50(62,52)53)24-21-56-43-42-37(13-19-55-43)45(66)63(46(42)67)39-11-12-41(64)59-44(39)65/h1-10,13-14,19-20,27,30,39H,11-12,15-18,21-26,28-29H2,(H,55,56)(H,57,68)(H,58,69)(H,59,64,65). The van der Waals surface area contributed by atoms with Crippen molar-refractivity contribution in [2.24, 2.45) is 11.3 Å². The number of nitrogens with one attached hydrogen (secondary N) is 4. The van der Waals surface area contributed by atoms with Crippen molar-refractivity contribution in [3.05, 3.63) is 108 Å². The van der Waals surface area contributed by atoms with Crippen LogP contribution in [0.2, 0.25) is 0 Å². The predicted octanol–water partition coefficient (Wildman–Crippen LogP) is 5.86. The molecule has 17 nitrogen and oxygen atoms in total. The number of benzene rings is 3. The molecule has 6 heterocycles. The predicted molar refractivity (Wildman–Crippen MR) is 251 cm³/mol. The molecule has 0 radical (unpaired) electrons. The summed E-state index contributed by atoms with van der Waals surface area (Å²) in [6.45, 7) is 2.23. The van der Waals surface area contributed by atoms with Crippen LogP contribution in [0, 0.1) is 17.2 Å². The number of imide groups is 2. The van der Waals surface area contributed by atoms with Crippen molar-refractivity contribution in [2.45, 2.75) is 50.6 Å². The first-order valence-corrected chi connectivity index (χ1v) is 23.3. The van der Waals surface area contributed by atoms with Crippen molar-refractivity contribution in [1.82, 2.24) is 30.0 Å². The third-order valence-corrected chi connectivity index (χ3v) is 13.8. The number of anilines is 4. The van der Waals surface area contributed by atoms with E-state index >= 15 is 8.78 Å². The molecular weight excluding hydrogens is 910 g/mol. The summed E-state index contributed by atoms with van der Waals surface area (Å²) in [4.78, 5) is 91.8. The molecule has 1 aliphatic carbocycles. The Morgan fingerprint density at radius 1 is 0.800 bits per heavy atom. The Hall–Kier alpha value is -7.45. The number of ether oxygens (including phenoxy) is 1. The third-order valence-electron chi connectivity index (χ3n) is 13.8. The molecule has 5 aliphatic rings. The Balaban J connectivity index is 0.680. The molecule has 3 saturated heterocycles. The van der Waals surface area contributed by atoms with Gasteiger partial charge >= 0.3 is 6.05 Å². The van der Waals surface area contributed by atoms with Gasteiger partial charge in [-0.2, -0.15) is 8.78 Å². The maximum Gasteiger partial charge on any atom is 0.317 e. The summed E-state index contributed by atoms with van der Waals surface area (Å²) in [5.41, 5.74) is 1.52. The fourth-order valence-electron chi connectivity index (χ4n) is 9.70.